The number of benzene rings is 2. The summed E-state index contributed by atoms with van der Waals surface area (Å²) in [5, 5.41) is 0. The van der Waals surface area contributed by atoms with Gasteiger partial charge in [-0.3, -0.25) is 4.57 Å². The van der Waals surface area contributed by atoms with Crippen molar-refractivity contribution in [1.29, 1.82) is 0 Å². The standard InChI is InChI=1S/C27H23N3S/c1-18-12-15-26(31-18)23-17-30(27(28-23)19-8-4-3-5-9-19)20-13-14-25-22(16-20)21-10-6-7-11-24(21)29(25)2/h3-17,21,24H,1-2H3. The predicted octanol–water partition coefficient (Wildman–Crippen LogP) is 6.60. The van der Waals surface area contributed by atoms with Crippen molar-refractivity contribution in [2.75, 3.05) is 11.9 Å². The monoisotopic (exact) mass is 421 g/mol. The number of nitrogens with zero attached hydrogens (tertiary/aromatic N) is 3. The zero-order valence-corrected chi connectivity index (χ0v) is 18.4. The summed E-state index contributed by atoms with van der Waals surface area (Å²) < 4.78 is 2.25. The Morgan fingerprint density at radius 1 is 0.935 bits per heavy atom. The summed E-state index contributed by atoms with van der Waals surface area (Å²) in [4.78, 5) is 9.96. The lowest BCUT2D eigenvalue weighted by Crippen LogP contribution is -2.28. The van der Waals surface area contributed by atoms with Gasteiger partial charge in [-0.25, -0.2) is 4.98 Å². The molecule has 1 aliphatic heterocycles. The molecule has 0 spiro atoms. The van der Waals surface area contributed by atoms with E-state index < -0.39 is 0 Å². The Labute approximate surface area is 186 Å². The lowest BCUT2D eigenvalue weighted by Gasteiger charge is -2.23. The van der Waals surface area contributed by atoms with Gasteiger partial charge in [-0.15, -0.1) is 11.3 Å². The second-order valence-corrected chi connectivity index (χ2v) is 9.52. The van der Waals surface area contributed by atoms with E-state index in [1.54, 1.807) is 11.3 Å². The van der Waals surface area contributed by atoms with Gasteiger partial charge < -0.3 is 4.90 Å². The van der Waals surface area contributed by atoms with E-state index in [0.29, 0.717) is 12.0 Å². The van der Waals surface area contributed by atoms with Crippen molar-refractivity contribution in [2.45, 2.75) is 18.9 Å². The molecule has 31 heavy (non-hydrogen) atoms. The van der Waals surface area contributed by atoms with Gasteiger partial charge in [0.05, 0.1) is 16.6 Å². The molecule has 0 radical (unpaired) electrons. The maximum Gasteiger partial charge on any atom is 0.145 e. The molecule has 4 heteroatoms. The number of anilines is 1. The van der Waals surface area contributed by atoms with Crippen LogP contribution in [0.4, 0.5) is 5.69 Å². The number of fused-ring (bicyclic) bond motifs is 3. The van der Waals surface area contributed by atoms with Crippen LogP contribution in [-0.2, 0) is 0 Å². The molecule has 0 amide bonds. The lowest BCUT2D eigenvalue weighted by atomic mass is 9.91. The molecule has 2 atom stereocenters. The molecule has 0 bridgehead atoms. The first kappa shape index (κ1) is 18.4. The Bertz CT molecular complexity index is 1330. The van der Waals surface area contributed by atoms with E-state index in [1.165, 1.54) is 21.0 Å². The van der Waals surface area contributed by atoms with E-state index in [4.69, 9.17) is 4.98 Å². The van der Waals surface area contributed by atoms with Gasteiger partial charge in [-0.2, -0.15) is 0 Å². The van der Waals surface area contributed by atoms with Crippen molar-refractivity contribution >= 4 is 17.0 Å². The van der Waals surface area contributed by atoms with Crippen LogP contribution < -0.4 is 4.90 Å². The maximum absolute atomic E-state index is 5.07. The Balaban J connectivity index is 1.51. The summed E-state index contributed by atoms with van der Waals surface area (Å²) in [5.41, 5.74) is 5.99. The highest BCUT2D eigenvalue weighted by Crippen LogP contribution is 2.44. The number of allylic oxidation sites excluding steroid dienone is 2. The molecule has 2 aromatic carbocycles. The number of aryl methyl sites for hydroxylation is 1. The first-order chi connectivity index (χ1) is 15.2. The largest absolute Gasteiger partial charge is 0.367 e. The van der Waals surface area contributed by atoms with Crippen LogP contribution in [0, 0.1) is 6.92 Å². The van der Waals surface area contributed by atoms with E-state index in [2.05, 4.69) is 115 Å². The molecule has 3 heterocycles. The normalized spacial score (nSPS) is 19.0. The minimum absolute atomic E-state index is 0.396. The lowest BCUT2D eigenvalue weighted by molar-refractivity contribution is 0.723. The molecule has 2 unspecified atom stereocenters. The van der Waals surface area contributed by atoms with Crippen molar-refractivity contribution in [3.8, 4) is 27.6 Å². The van der Waals surface area contributed by atoms with E-state index in [1.807, 2.05) is 0 Å². The minimum atomic E-state index is 0.396. The third-order valence-electron chi connectivity index (χ3n) is 6.31. The van der Waals surface area contributed by atoms with Gasteiger partial charge in [0, 0.05) is 41.0 Å². The van der Waals surface area contributed by atoms with Crippen LogP contribution in [0.25, 0.3) is 27.6 Å². The fourth-order valence-electron chi connectivity index (χ4n) is 4.75. The van der Waals surface area contributed by atoms with Gasteiger partial charge in [0.25, 0.3) is 0 Å². The average molecular weight is 422 g/mol. The van der Waals surface area contributed by atoms with Gasteiger partial charge in [0.15, 0.2) is 0 Å². The zero-order valence-electron chi connectivity index (χ0n) is 17.6. The molecular weight excluding hydrogens is 398 g/mol. The molecule has 2 aromatic heterocycles. The summed E-state index contributed by atoms with van der Waals surface area (Å²) in [7, 11) is 2.19. The maximum atomic E-state index is 5.07. The van der Waals surface area contributed by atoms with E-state index >= 15 is 0 Å². The van der Waals surface area contributed by atoms with Crippen molar-refractivity contribution in [2.24, 2.45) is 0 Å². The van der Waals surface area contributed by atoms with E-state index in [0.717, 1.165) is 22.8 Å². The predicted molar refractivity (Wildman–Crippen MR) is 130 cm³/mol. The van der Waals surface area contributed by atoms with Crippen LogP contribution in [0.1, 0.15) is 16.4 Å². The molecule has 2 aliphatic rings. The molecule has 1 aliphatic carbocycles. The third kappa shape index (κ3) is 2.98. The van der Waals surface area contributed by atoms with Crippen LogP contribution in [0.5, 0.6) is 0 Å². The van der Waals surface area contributed by atoms with Gasteiger partial charge in [-0.1, -0.05) is 54.6 Å². The first-order valence-electron chi connectivity index (χ1n) is 10.6. The SMILES string of the molecule is Cc1ccc(-c2cn(-c3ccc4c(c3)C3C=CC=CC3N4C)c(-c3ccccc3)n2)s1. The van der Waals surface area contributed by atoms with Gasteiger partial charge in [0.1, 0.15) is 5.82 Å². The Hall–Kier alpha value is -3.37. The molecular formula is C27H23N3S. The van der Waals surface area contributed by atoms with Crippen LogP contribution in [0.2, 0.25) is 0 Å². The van der Waals surface area contributed by atoms with E-state index in [-0.39, 0.29) is 0 Å². The quantitative estimate of drug-likeness (QED) is 0.371. The number of aromatic nitrogens is 2. The smallest absolute Gasteiger partial charge is 0.145 e. The number of hydrogen-bond donors (Lipinski definition) is 0. The highest BCUT2D eigenvalue weighted by molar-refractivity contribution is 7.15. The number of rotatable bonds is 3. The highest BCUT2D eigenvalue weighted by Gasteiger charge is 2.34. The Morgan fingerprint density at radius 3 is 2.58 bits per heavy atom. The molecule has 0 saturated heterocycles. The molecule has 4 aromatic rings. The number of likely N-dealkylation sites (N-methyl/N-ethyl adjacent to an activating group) is 1. The average Bonchev–Trinajstić information content (AvgIpc) is 3.51. The molecule has 0 N–H and O–H groups in total. The molecule has 3 nitrogen and oxygen atoms in total. The second kappa shape index (κ2) is 7.10. The molecule has 6 rings (SSSR count). The fraction of sp³-hybridized carbons (Fsp3) is 0.148. The number of imidazole rings is 1. The fourth-order valence-corrected chi connectivity index (χ4v) is 5.57. The van der Waals surface area contributed by atoms with E-state index in [9.17, 15) is 0 Å². The Morgan fingerprint density at radius 2 is 1.77 bits per heavy atom. The molecule has 0 fully saturated rings. The van der Waals surface area contributed by atoms with Gasteiger partial charge >= 0.3 is 0 Å². The number of thiophene rings is 1. The number of hydrogen-bond acceptors (Lipinski definition) is 3. The minimum Gasteiger partial charge on any atom is -0.367 e. The Kier molecular flexibility index (Phi) is 4.22. The molecule has 0 saturated carbocycles. The third-order valence-corrected chi connectivity index (χ3v) is 7.34. The summed E-state index contributed by atoms with van der Waals surface area (Å²) >= 11 is 1.79. The summed E-state index contributed by atoms with van der Waals surface area (Å²) in [6, 6.07) is 22.0. The zero-order chi connectivity index (χ0) is 20.9. The highest BCUT2D eigenvalue weighted by atomic mass is 32.1. The van der Waals surface area contributed by atoms with Crippen LogP contribution in [0.15, 0.2) is 91.2 Å². The van der Waals surface area contributed by atoms with Crippen LogP contribution >= 0.6 is 11.3 Å². The second-order valence-electron chi connectivity index (χ2n) is 8.24. The van der Waals surface area contributed by atoms with Gasteiger partial charge in [0.2, 0.25) is 0 Å². The van der Waals surface area contributed by atoms with Crippen molar-refractivity contribution in [1.82, 2.24) is 9.55 Å². The topological polar surface area (TPSA) is 21.1 Å². The summed E-state index contributed by atoms with van der Waals surface area (Å²) in [5.74, 6) is 1.37. The summed E-state index contributed by atoms with van der Waals surface area (Å²) in [6.45, 7) is 2.14. The molecule has 152 valence electrons. The summed E-state index contributed by atoms with van der Waals surface area (Å²) in [6.07, 6.45) is 11.1. The van der Waals surface area contributed by atoms with Crippen LogP contribution in [-0.4, -0.2) is 22.6 Å². The first-order valence-corrected chi connectivity index (χ1v) is 11.4. The van der Waals surface area contributed by atoms with Crippen molar-refractivity contribution in [3.05, 3.63) is 102 Å². The van der Waals surface area contributed by atoms with Gasteiger partial charge in [-0.05, 0) is 42.8 Å². The van der Waals surface area contributed by atoms with Crippen LogP contribution in [0.3, 0.4) is 0 Å². The van der Waals surface area contributed by atoms with Crippen molar-refractivity contribution in [3.63, 3.8) is 0 Å². The van der Waals surface area contributed by atoms with Crippen molar-refractivity contribution < 1.29 is 0 Å².